The minimum absolute atomic E-state index is 0.121. The number of rotatable bonds is 6. The van der Waals surface area contributed by atoms with Gasteiger partial charge in [0.25, 0.3) is 11.8 Å². The topological polar surface area (TPSA) is 107 Å². The maximum atomic E-state index is 13.2. The van der Waals surface area contributed by atoms with Crippen LogP contribution in [0.15, 0.2) is 42.6 Å². The summed E-state index contributed by atoms with van der Waals surface area (Å²) in [5, 5.41) is 15.3. The zero-order valence-corrected chi connectivity index (χ0v) is 19.4. The number of aryl methyl sites for hydroxylation is 3. The standard InChI is InChI=1S/C24H27N7O2/c1-6-30-20(10-11-25-30)24(33)28-18-9-7-8-17(13-18)27-23(32)19-12-15(4)26-22-21(19)16(5)29-31(22)14(2)3/h7-14H,6H2,1-5H3,(H,27,32)(H,28,33). The Hall–Kier alpha value is -4.01. The van der Waals surface area contributed by atoms with E-state index < -0.39 is 0 Å². The quantitative estimate of drug-likeness (QED) is 0.459. The second-order valence-corrected chi connectivity index (χ2v) is 8.15. The Bertz CT molecular complexity index is 1350. The SMILES string of the molecule is CCn1nccc1C(=O)Nc1cccc(NC(=O)c2cc(C)nc3c2c(C)nn3C(C)C)c1. The van der Waals surface area contributed by atoms with Crippen molar-refractivity contribution in [1.29, 1.82) is 0 Å². The molecule has 0 aliphatic rings. The first kappa shape index (κ1) is 22.2. The van der Waals surface area contributed by atoms with Gasteiger partial charge in [0.1, 0.15) is 5.69 Å². The lowest BCUT2D eigenvalue weighted by Gasteiger charge is -2.11. The normalized spacial score (nSPS) is 11.2. The maximum Gasteiger partial charge on any atom is 0.273 e. The molecule has 2 N–H and O–H groups in total. The Labute approximate surface area is 191 Å². The summed E-state index contributed by atoms with van der Waals surface area (Å²) in [6.07, 6.45) is 1.59. The van der Waals surface area contributed by atoms with Crippen LogP contribution in [-0.2, 0) is 6.54 Å². The van der Waals surface area contributed by atoms with Gasteiger partial charge in [0, 0.05) is 35.9 Å². The molecule has 0 radical (unpaired) electrons. The first-order valence-electron chi connectivity index (χ1n) is 10.9. The Kier molecular flexibility index (Phi) is 5.95. The van der Waals surface area contributed by atoms with Gasteiger partial charge in [-0.25, -0.2) is 9.67 Å². The zero-order valence-electron chi connectivity index (χ0n) is 19.4. The predicted molar refractivity (Wildman–Crippen MR) is 128 cm³/mol. The number of aromatic nitrogens is 5. The summed E-state index contributed by atoms with van der Waals surface area (Å²) >= 11 is 0. The Balaban J connectivity index is 1.60. The van der Waals surface area contributed by atoms with Crippen LogP contribution in [-0.4, -0.2) is 36.4 Å². The number of carbonyl (C=O) groups is 2. The largest absolute Gasteiger partial charge is 0.322 e. The molecule has 9 heteroatoms. The third kappa shape index (κ3) is 4.34. The fourth-order valence-corrected chi connectivity index (χ4v) is 3.82. The van der Waals surface area contributed by atoms with E-state index in [1.54, 1.807) is 47.3 Å². The number of carbonyl (C=O) groups excluding carboxylic acids is 2. The van der Waals surface area contributed by atoms with Crippen molar-refractivity contribution < 1.29 is 9.59 Å². The third-order valence-corrected chi connectivity index (χ3v) is 5.33. The van der Waals surface area contributed by atoms with E-state index in [9.17, 15) is 9.59 Å². The van der Waals surface area contributed by atoms with Crippen molar-refractivity contribution in [2.75, 3.05) is 10.6 Å². The second-order valence-electron chi connectivity index (χ2n) is 8.15. The number of benzene rings is 1. The minimum atomic E-state index is -0.263. The first-order chi connectivity index (χ1) is 15.8. The highest BCUT2D eigenvalue weighted by atomic mass is 16.2. The lowest BCUT2D eigenvalue weighted by Crippen LogP contribution is -2.18. The van der Waals surface area contributed by atoms with E-state index in [-0.39, 0.29) is 17.9 Å². The number of hydrogen-bond donors (Lipinski definition) is 2. The van der Waals surface area contributed by atoms with Gasteiger partial charge in [-0.3, -0.25) is 14.3 Å². The first-order valence-corrected chi connectivity index (χ1v) is 10.9. The maximum absolute atomic E-state index is 13.2. The van der Waals surface area contributed by atoms with Crippen molar-refractivity contribution in [3.8, 4) is 0 Å². The number of anilines is 2. The monoisotopic (exact) mass is 445 g/mol. The molecule has 3 heterocycles. The van der Waals surface area contributed by atoms with E-state index in [1.165, 1.54) is 0 Å². The van der Waals surface area contributed by atoms with E-state index in [2.05, 4.69) is 25.8 Å². The molecule has 4 rings (SSSR count). The van der Waals surface area contributed by atoms with E-state index in [0.29, 0.717) is 34.8 Å². The fraction of sp³-hybridized carbons (Fsp3) is 0.292. The van der Waals surface area contributed by atoms with E-state index in [4.69, 9.17) is 0 Å². The summed E-state index contributed by atoms with van der Waals surface area (Å²) in [5.41, 5.74) is 4.32. The van der Waals surface area contributed by atoms with Crippen LogP contribution >= 0.6 is 0 Å². The molecule has 0 aliphatic heterocycles. The highest BCUT2D eigenvalue weighted by Gasteiger charge is 2.20. The average Bonchev–Trinajstić information content (AvgIpc) is 3.38. The van der Waals surface area contributed by atoms with Gasteiger partial charge in [-0.05, 0) is 65.0 Å². The molecule has 0 fully saturated rings. The predicted octanol–water partition coefficient (Wildman–Crippen LogP) is 4.35. The molecule has 3 aromatic heterocycles. The summed E-state index contributed by atoms with van der Waals surface area (Å²) in [5.74, 6) is -0.523. The Morgan fingerprint density at radius 1 is 1.03 bits per heavy atom. The molecule has 9 nitrogen and oxygen atoms in total. The summed E-state index contributed by atoms with van der Waals surface area (Å²) in [4.78, 5) is 30.5. The van der Waals surface area contributed by atoms with Gasteiger partial charge in [-0.2, -0.15) is 10.2 Å². The van der Waals surface area contributed by atoms with E-state index in [1.807, 2.05) is 39.3 Å². The molecule has 0 unspecified atom stereocenters. The summed E-state index contributed by atoms with van der Waals surface area (Å²) < 4.78 is 3.46. The van der Waals surface area contributed by atoms with Crippen LogP contribution in [0.4, 0.5) is 11.4 Å². The average molecular weight is 446 g/mol. The molecule has 33 heavy (non-hydrogen) atoms. The summed E-state index contributed by atoms with van der Waals surface area (Å²) in [7, 11) is 0. The molecule has 0 spiro atoms. The summed E-state index contributed by atoms with van der Waals surface area (Å²) in [6, 6.07) is 10.6. The number of hydrogen-bond acceptors (Lipinski definition) is 5. The molecule has 170 valence electrons. The van der Waals surface area contributed by atoms with Crippen LogP contribution in [0.5, 0.6) is 0 Å². The van der Waals surface area contributed by atoms with Gasteiger partial charge in [-0.15, -0.1) is 0 Å². The van der Waals surface area contributed by atoms with Crippen LogP contribution in [0, 0.1) is 13.8 Å². The fourth-order valence-electron chi connectivity index (χ4n) is 3.82. The van der Waals surface area contributed by atoms with Crippen LogP contribution in [0.1, 0.15) is 59.0 Å². The van der Waals surface area contributed by atoms with Crippen LogP contribution in [0.2, 0.25) is 0 Å². The van der Waals surface area contributed by atoms with Crippen LogP contribution in [0.3, 0.4) is 0 Å². The number of pyridine rings is 1. The van der Waals surface area contributed by atoms with Crippen molar-refractivity contribution in [3.05, 3.63) is 65.2 Å². The minimum Gasteiger partial charge on any atom is -0.322 e. The Morgan fingerprint density at radius 2 is 1.73 bits per heavy atom. The molecular formula is C24H27N7O2. The Morgan fingerprint density at radius 3 is 2.39 bits per heavy atom. The van der Waals surface area contributed by atoms with Crippen molar-refractivity contribution in [2.45, 2.75) is 47.2 Å². The number of nitrogens with one attached hydrogen (secondary N) is 2. The molecule has 4 aromatic rings. The molecule has 1 aromatic carbocycles. The van der Waals surface area contributed by atoms with Gasteiger partial charge in [0.05, 0.1) is 16.6 Å². The highest BCUT2D eigenvalue weighted by molar-refractivity contribution is 6.13. The van der Waals surface area contributed by atoms with Gasteiger partial charge >= 0.3 is 0 Å². The number of amides is 2. The highest BCUT2D eigenvalue weighted by Crippen LogP contribution is 2.26. The van der Waals surface area contributed by atoms with Gasteiger partial charge in [-0.1, -0.05) is 6.07 Å². The number of fused-ring (bicyclic) bond motifs is 1. The molecular weight excluding hydrogens is 418 g/mol. The van der Waals surface area contributed by atoms with Gasteiger partial charge in [0.15, 0.2) is 5.65 Å². The third-order valence-electron chi connectivity index (χ3n) is 5.33. The molecule has 0 saturated heterocycles. The van der Waals surface area contributed by atoms with E-state index in [0.717, 1.165) is 16.8 Å². The molecule has 0 aliphatic carbocycles. The molecule has 0 atom stereocenters. The zero-order chi connectivity index (χ0) is 23.7. The van der Waals surface area contributed by atoms with Crippen LogP contribution in [0.25, 0.3) is 11.0 Å². The van der Waals surface area contributed by atoms with Crippen molar-refractivity contribution >= 4 is 34.2 Å². The van der Waals surface area contributed by atoms with Gasteiger partial charge < -0.3 is 10.6 Å². The second kappa shape index (κ2) is 8.85. The smallest absolute Gasteiger partial charge is 0.273 e. The molecule has 0 saturated carbocycles. The molecule has 2 amide bonds. The van der Waals surface area contributed by atoms with Gasteiger partial charge in [0.2, 0.25) is 0 Å². The lowest BCUT2D eigenvalue weighted by molar-refractivity contribution is 0.101. The van der Waals surface area contributed by atoms with Crippen LogP contribution < -0.4 is 10.6 Å². The van der Waals surface area contributed by atoms with E-state index >= 15 is 0 Å². The van der Waals surface area contributed by atoms with Crippen molar-refractivity contribution in [2.24, 2.45) is 0 Å². The van der Waals surface area contributed by atoms with Crippen molar-refractivity contribution in [3.63, 3.8) is 0 Å². The lowest BCUT2D eigenvalue weighted by atomic mass is 10.1. The van der Waals surface area contributed by atoms with Crippen molar-refractivity contribution in [1.82, 2.24) is 24.5 Å². The number of nitrogens with zero attached hydrogens (tertiary/aromatic N) is 5. The molecule has 0 bridgehead atoms. The summed E-state index contributed by atoms with van der Waals surface area (Å²) in [6.45, 7) is 10.3.